The molecule has 1 aromatic heterocycles. The van der Waals surface area contributed by atoms with Gasteiger partial charge in [-0.25, -0.2) is 4.79 Å². The second-order valence-electron chi connectivity index (χ2n) is 8.33. The topological polar surface area (TPSA) is 67.5 Å². The highest BCUT2D eigenvalue weighted by molar-refractivity contribution is 14.1. The van der Waals surface area contributed by atoms with Crippen LogP contribution in [0.5, 0.6) is 0 Å². The van der Waals surface area contributed by atoms with E-state index in [0.717, 1.165) is 47.8 Å². The number of methoxy groups -OCH3 is 1. The van der Waals surface area contributed by atoms with Gasteiger partial charge in [-0.2, -0.15) is 5.10 Å². The summed E-state index contributed by atoms with van der Waals surface area (Å²) in [5.74, 6) is 0.819. The van der Waals surface area contributed by atoms with Crippen LogP contribution in [0.2, 0.25) is 0 Å². The summed E-state index contributed by atoms with van der Waals surface area (Å²) in [6.07, 6.45) is 8.24. The summed E-state index contributed by atoms with van der Waals surface area (Å²) >= 11 is 2.31. The number of aromatic nitrogens is 2. The molecule has 1 N–H and O–H groups in total. The number of benzene rings is 1. The van der Waals surface area contributed by atoms with Gasteiger partial charge < -0.3 is 14.4 Å². The van der Waals surface area contributed by atoms with E-state index in [0.29, 0.717) is 19.1 Å². The highest BCUT2D eigenvalue weighted by atomic mass is 127. The normalized spacial score (nSPS) is 27.1. The Morgan fingerprint density at radius 2 is 1.97 bits per heavy atom. The first-order chi connectivity index (χ1) is 14.7. The van der Waals surface area contributed by atoms with Gasteiger partial charge in [-0.05, 0) is 72.6 Å². The molecule has 2 atom stereocenters. The second kappa shape index (κ2) is 10.1. The Kier molecular flexibility index (Phi) is 7.30. The molecule has 2 fully saturated rings. The maximum absolute atomic E-state index is 12.4. The fourth-order valence-electron chi connectivity index (χ4n) is 5.01. The first-order valence-electron chi connectivity index (χ1n) is 10.9. The van der Waals surface area contributed by atoms with Crippen LogP contribution in [-0.4, -0.2) is 53.6 Å². The van der Waals surface area contributed by atoms with Gasteiger partial charge in [-0.1, -0.05) is 30.3 Å². The third kappa shape index (κ3) is 4.82. The molecule has 6 nitrogen and oxygen atoms in total. The summed E-state index contributed by atoms with van der Waals surface area (Å²) in [4.78, 5) is 14.3. The van der Waals surface area contributed by atoms with Crippen molar-refractivity contribution in [1.29, 1.82) is 0 Å². The number of rotatable bonds is 5. The SMILES string of the molecule is COC(=O)N1CCC[C@H](c2[nH]ncc2I)[C@@H]1COC1CCC(c2ccccc2)CC1. The van der Waals surface area contributed by atoms with Crippen molar-refractivity contribution in [3.05, 3.63) is 51.4 Å². The number of carbonyl (C=O) groups is 1. The number of H-pyrrole nitrogens is 1. The van der Waals surface area contributed by atoms with E-state index >= 15 is 0 Å². The molecule has 2 aliphatic rings. The molecule has 0 bridgehead atoms. The van der Waals surface area contributed by atoms with Crippen molar-refractivity contribution >= 4 is 28.7 Å². The summed E-state index contributed by atoms with van der Waals surface area (Å²) < 4.78 is 12.6. The predicted molar refractivity (Wildman–Crippen MR) is 124 cm³/mol. The van der Waals surface area contributed by atoms with Gasteiger partial charge in [-0.3, -0.25) is 5.10 Å². The molecule has 30 heavy (non-hydrogen) atoms. The number of ether oxygens (including phenoxy) is 2. The molecule has 4 rings (SSSR count). The number of nitrogens with zero attached hydrogens (tertiary/aromatic N) is 2. The van der Waals surface area contributed by atoms with Crippen LogP contribution < -0.4 is 0 Å². The number of piperidine rings is 1. The Morgan fingerprint density at radius 3 is 2.63 bits per heavy atom. The van der Waals surface area contributed by atoms with Gasteiger partial charge in [0.2, 0.25) is 0 Å². The van der Waals surface area contributed by atoms with Gasteiger partial charge in [0.05, 0.1) is 41.3 Å². The Labute approximate surface area is 191 Å². The lowest BCUT2D eigenvalue weighted by molar-refractivity contribution is -0.0243. The number of hydrogen-bond acceptors (Lipinski definition) is 4. The first kappa shape index (κ1) is 21.6. The van der Waals surface area contributed by atoms with Gasteiger partial charge in [0, 0.05) is 12.5 Å². The van der Waals surface area contributed by atoms with Crippen LogP contribution >= 0.6 is 22.6 Å². The van der Waals surface area contributed by atoms with Crippen LogP contribution in [0.15, 0.2) is 36.5 Å². The molecule has 1 aliphatic carbocycles. The van der Waals surface area contributed by atoms with E-state index in [-0.39, 0.29) is 24.2 Å². The van der Waals surface area contributed by atoms with E-state index in [9.17, 15) is 4.79 Å². The highest BCUT2D eigenvalue weighted by Gasteiger charge is 2.38. The van der Waals surface area contributed by atoms with Crippen LogP contribution in [0.4, 0.5) is 4.79 Å². The third-order valence-corrected chi connectivity index (χ3v) is 7.49. The summed E-state index contributed by atoms with van der Waals surface area (Å²) in [6, 6.07) is 10.8. The minimum atomic E-state index is -0.268. The van der Waals surface area contributed by atoms with Crippen molar-refractivity contribution < 1.29 is 14.3 Å². The Morgan fingerprint density at radius 1 is 1.20 bits per heavy atom. The van der Waals surface area contributed by atoms with Crippen molar-refractivity contribution in [2.75, 3.05) is 20.3 Å². The maximum atomic E-state index is 12.4. The van der Waals surface area contributed by atoms with Crippen LogP contribution in [-0.2, 0) is 9.47 Å². The average molecular weight is 523 g/mol. The van der Waals surface area contributed by atoms with Gasteiger partial charge >= 0.3 is 6.09 Å². The number of carbonyl (C=O) groups excluding carboxylic acids is 1. The van der Waals surface area contributed by atoms with Crippen LogP contribution in [0.25, 0.3) is 0 Å². The van der Waals surface area contributed by atoms with E-state index < -0.39 is 0 Å². The largest absolute Gasteiger partial charge is 0.453 e. The number of likely N-dealkylation sites (tertiary alicyclic amines) is 1. The smallest absolute Gasteiger partial charge is 0.409 e. The maximum Gasteiger partial charge on any atom is 0.409 e. The number of halogens is 1. The molecule has 2 heterocycles. The van der Waals surface area contributed by atoms with Crippen molar-refractivity contribution in [1.82, 2.24) is 15.1 Å². The van der Waals surface area contributed by atoms with E-state index in [4.69, 9.17) is 9.47 Å². The number of hydrogen-bond donors (Lipinski definition) is 1. The standard InChI is InChI=1S/C23H30IN3O3/c1-29-23(28)27-13-5-8-19(22-20(24)14-25-26-22)21(27)15-30-18-11-9-17(10-12-18)16-6-3-2-4-7-16/h2-4,6-7,14,17-19,21H,5,8-13,15H2,1H3,(H,25,26)/t17?,18?,19-,21-/m0/s1. The molecule has 0 spiro atoms. The van der Waals surface area contributed by atoms with Crippen molar-refractivity contribution in [2.24, 2.45) is 0 Å². The molecule has 1 aliphatic heterocycles. The summed E-state index contributed by atoms with van der Waals surface area (Å²) in [5.41, 5.74) is 2.54. The first-order valence-corrected chi connectivity index (χ1v) is 11.9. The van der Waals surface area contributed by atoms with Crippen molar-refractivity contribution in [2.45, 2.75) is 62.5 Å². The second-order valence-corrected chi connectivity index (χ2v) is 9.49. The van der Waals surface area contributed by atoms with Gasteiger partial charge in [-0.15, -0.1) is 0 Å². The Balaban J connectivity index is 1.40. The zero-order valence-corrected chi connectivity index (χ0v) is 19.6. The third-order valence-electron chi connectivity index (χ3n) is 6.63. The lowest BCUT2D eigenvalue weighted by Gasteiger charge is -2.41. The molecule has 162 valence electrons. The molecular formula is C23H30IN3O3. The fraction of sp³-hybridized carbons (Fsp3) is 0.565. The highest BCUT2D eigenvalue weighted by Crippen LogP contribution is 2.37. The predicted octanol–water partition coefficient (Wildman–Crippen LogP) is 5.07. The van der Waals surface area contributed by atoms with Crippen molar-refractivity contribution in [3.8, 4) is 0 Å². The molecule has 1 aromatic carbocycles. The van der Waals surface area contributed by atoms with E-state index in [1.54, 1.807) is 0 Å². The van der Waals surface area contributed by atoms with Gasteiger partial charge in [0.15, 0.2) is 0 Å². The average Bonchev–Trinajstić information content (AvgIpc) is 3.23. The molecule has 0 radical (unpaired) electrons. The minimum absolute atomic E-state index is 0.0352. The monoisotopic (exact) mass is 523 g/mol. The summed E-state index contributed by atoms with van der Waals surface area (Å²) in [6.45, 7) is 1.25. The van der Waals surface area contributed by atoms with Gasteiger partial charge in [0.25, 0.3) is 0 Å². The molecule has 0 unspecified atom stereocenters. The molecule has 1 saturated carbocycles. The quantitative estimate of drug-likeness (QED) is 0.556. The number of amides is 1. The van der Waals surface area contributed by atoms with Crippen LogP contribution in [0, 0.1) is 3.57 Å². The van der Waals surface area contributed by atoms with E-state index in [1.165, 1.54) is 12.7 Å². The lowest BCUT2D eigenvalue weighted by atomic mass is 9.82. The Hall–Kier alpha value is -1.61. The molecule has 1 saturated heterocycles. The lowest BCUT2D eigenvalue weighted by Crippen LogP contribution is -2.50. The molecule has 7 heteroatoms. The Bertz CT molecular complexity index is 820. The number of aromatic amines is 1. The zero-order chi connectivity index (χ0) is 20.9. The zero-order valence-electron chi connectivity index (χ0n) is 17.4. The molecule has 2 aromatic rings. The molecule has 1 amide bonds. The van der Waals surface area contributed by atoms with E-state index in [1.807, 2.05) is 11.1 Å². The molecular weight excluding hydrogens is 493 g/mol. The summed E-state index contributed by atoms with van der Waals surface area (Å²) in [7, 11) is 1.45. The number of nitrogens with one attached hydrogen (secondary N) is 1. The summed E-state index contributed by atoms with van der Waals surface area (Å²) in [5, 5.41) is 7.35. The van der Waals surface area contributed by atoms with Crippen molar-refractivity contribution in [3.63, 3.8) is 0 Å². The fourth-order valence-corrected chi connectivity index (χ4v) is 5.67. The van der Waals surface area contributed by atoms with Crippen LogP contribution in [0.3, 0.4) is 0 Å². The minimum Gasteiger partial charge on any atom is -0.453 e. The van der Waals surface area contributed by atoms with Crippen LogP contribution in [0.1, 0.15) is 61.6 Å². The van der Waals surface area contributed by atoms with E-state index in [2.05, 4.69) is 63.1 Å². The van der Waals surface area contributed by atoms with Gasteiger partial charge in [0.1, 0.15) is 0 Å².